The van der Waals surface area contributed by atoms with Gasteiger partial charge in [-0.3, -0.25) is 9.59 Å². The van der Waals surface area contributed by atoms with Crippen molar-refractivity contribution in [2.24, 2.45) is 0 Å². The Hall–Kier alpha value is -3.74. The van der Waals surface area contributed by atoms with Crippen molar-refractivity contribution in [3.63, 3.8) is 0 Å². The first-order valence-electron chi connectivity index (χ1n) is 9.18. The van der Waals surface area contributed by atoms with E-state index >= 15 is 0 Å². The molecule has 0 radical (unpaired) electrons. The first-order chi connectivity index (χ1) is 14.1. The van der Waals surface area contributed by atoms with E-state index in [1.54, 1.807) is 37.4 Å². The van der Waals surface area contributed by atoms with Gasteiger partial charge in [-0.2, -0.15) is 0 Å². The third-order valence-corrected chi connectivity index (χ3v) is 4.31. The van der Waals surface area contributed by atoms with Gasteiger partial charge in [0.05, 0.1) is 7.11 Å². The summed E-state index contributed by atoms with van der Waals surface area (Å²) in [5.41, 5.74) is 2.58. The summed E-state index contributed by atoms with van der Waals surface area (Å²) in [7, 11) is 1.62. The minimum atomic E-state index is -0.294. The number of aromatic nitrogens is 2. The number of methoxy groups -OCH3 is 1. The van der Waals surface area contributed by atoms with E-state index in [9.17, 15) is 9.59 Å². The van der Waals surface area contributed by atoms with Gasteiger partial charge in [0.25, 0.3) is 5.91 Å². The molecule has 0 bridgehead atoms. The number of nitrogens with one attached hydrogen (secondary N) is 2. The van der Waals surface area contributed by atoms with Crippen LogP contribution < -0.4 is 15.4 Å². The highest BCUT2D eigenvalue weighted by molar-refractivity contribution is 5.95. The second-order valence-corrected chi connectivity index (χ2v) is 6.38. The van der Waals surface area contributed by atoms with Crippen molar-refractivity contribution >= 4 is 23.2 Å². The lowest BCUT2D eigenvalue weighted by Crippen LogP contribution is -2.26. The van der Waals surface area contributed by atoms with Gasteiger partial charge in [-0.25, -0.2) is 0 Å². The van der Waals surface area contributed by atoms with Crippen LogP contribution in [-0.4, -0.2) is 35.5 Å². The number of carbonyl (C=O) groups excluding carboxylic acids is 2. The molecule has 1 heterocycles. The van der Waals surface area contributed by atoms with E-state index in [1.807, 2.05) is 30.3 Å². The number of anilines is 2. The van der Waals surface area contributed by atoms with E-state index in [-0.39, 0.29) is 17.4 Å². The highest BCUT2D eigenvalue weighted by Gasteiger charge is 2.09. The second-order valence-electron chi connectivity index (χ2n) is 6.38. The molecule has 0 unspecified atom stereocenters. The van der Waals surface area contributed by atoms with Gasteiger partial charge in [0.2, 0.25) is 0 Å². The Kier molecular flexibility index (Phi) is 6.52. The fourth-order valence-electron chi connectivity index (χ4n) is 2.79. The highest BCUT2D eigenvalue weighted by atomic mass is 16.5. The van der Waals surface area contributed by atoms with Gasteiger partial charge in [-0.05, 0) is 49.2 Å². The number of nitrogens with zero attached hydrogens (tertiary/aromatic N) is 2. The number of hydrogen-bond acceptors (Lipinski definition) is 6. The summed E-state index contributed by atoms with van der Waals surface area (Å²) in [5.74, 6) is 0.972. The van der Waals surface area contributed by atoms with Crippen molar-refractivity contribution in [1.82, 2.24) is 15.5 Å². The molecule has 0 fully saturated rings. The summed E-state index contributed by atoms with van der Waals surface area (Å²) in [5, 5.41) is 13.9. The van der Waals surface area contributed by atoms with Crippen molar-refractivity contribution in [3.05, 3.63) is 77.5 Å². The third kappa shape index (κ3) is 5.38. The molecule has 0 aliphatic rings. The Morgan fingerprint density at radius 3 is 2.55 bits per heavy atom. The van der Waals surface area contributed by atoms with Crippen LogP contribution in [0.25, 0.3) is 0 Å². The van der Waals surface area contributed by atoms with Gasteiger partial charge in [0.15, 0.2) is 17.3 Å². The Balaban J connectivity index is 1.56. The minimum absolute atomic E-state index is 0.0140. The molecule has 1 amide bonds. The number of ketones is 1. The van der Waals surface area contributed by atoms with Gasteiger partial charge in [-0.1, -0.05) is 30.3 Å². The van der Waals surface area contributed by atoms with Gasteiger partial charge >= 0.3 is 0 Å². The summed E-state index contributed by atoms with van der Waals surface area (Å²) in [6.07, 6.45) is 0.648. The zero-order valence-corrected chi connectivity index (χ0v) is 16.3. The number of carbonyl (C=O) groups is 2. The Morgan fingerprint density at radius 2 is 1.83 bits per heavy atom. The van der Waals surface area contributed by atoms with E-state index in [1.165, 1.54) is 6.92 Å². The summed E-state index contributed by atoms with van der Waals surface area (Å²) >= 11 is 0. The van der Waals surface area contributed by atoms with E-state index in [2.05, 4.69) is 20.8 Å². The van der Waals surface area contributed by atoms with Gasteiger partial charge in [0, 0.05) is 17.8 Å². The molecule has 7 heteroatoms. The van der Waals surface area contributed by atoms with Crippen LogP contribution in [0.2, 0.25) is 0 Å². The Bertz CT molecular complexity index is 1000. The standard InChI is InChI=1S/C22H22N4O3/c1-15(27)17-7-5-8-18(14-17)24-21-11-10-19(25-26-21)22(28)23-13-12-16-6-3-4-9-20(16)29-2/h3-11,14H,12-13H2,1-2H3,(H,23,28)(H,24,26). The van der Waals surface area contributed by atoms with Crippen molar-refractivity contribution in [1.29, 1.82) is 0 Å². The second kappa shape index (κ2) is 9.45. The van der Waals surface area contributed by atoms with Gasteiger partial charge in [0.1, 0.15) is 5.75 Å². The maximum Gasteiger partial charge on any atom is 0.271 e. The smallest absolute Gasteiger partial charge is 0.271 e. The molecule has 3 rings (SSSR count). The Labute approximate surface area is 169 Å². The van der Waals surface area contributed by atoms with E-state index in [0.29, 0.717) is 24.3 Å². The fraction of sp³-hybridized carbons (Fsp3) is 0.182. The highest BCUT2D eigenvalue weighted by Crippen LogP contribution is 2.18. The molecule has 1 aromatic heterocycles. The quantitative estimate of drug-likeness (QED) is 0.573. The van der Waals surface area contributed by atoms with Gasteiger partial charge in [-0.15, -0.1) is 10.2 Å². The molecule has 148 valence electrons. The topological polar surface area (TPSA) is 93.2 Å². The van der Waals surface area contributed by atoms with Crippen molar-refractivity contribution in [3.8, 4) is 5.75 Å². The average Bonchev–Trinajstić information content (AvgIpc) is 2.74. The average molecular weight is 390 g/mol. The minimum Gasteiger partial charge on any atom is -0.496 e. The first-order valence-corrected chi connectivity index (χ1v) is 9.18. The molecule has 7 nitrogen and oxygen atoms in total. The largest absolute Gasteiger partial charge is 0.496 e. The van der Waals surface area contributed by atoms with E-state index < -0.39 is 0 Å². The molecule has 3 aromatic rings. The number of amides is 1. The summed E-state index contributed by atoms with van der Waals surface area (Å²) in [6, 6.07) is 18.1. The fourth-order valence-corrected chi connectivity index (χ4v) is 2.79. The molecule has 0 aliphatic carbocycles. The molecule has 2 aromatic carbocycles. The zero-order valence-electron chi connectivity index (χ0n) is 16.3. The van der Waals surface area contributed by atoms with Crippen LogP contribution in [0, 0.1) is 0 Å². The molecule has 0 aliphatic heterocycles. The van der Waals surface area contributed by atoms with Gasteiger partial charge < -0.3 is 15.4 Å². The maximum atomic E-state index is 12.3. The maximum absolute atomic E-state index is 12.3. The van der Waals surface area contributed by atoms with Crippen LogP contribution >= 0.6 is 0 Å². The zero-order chi connectivity index (χ0) is 20.6. The van der Waals surface area contributed by atoms with Crippen LogP contribution in [0.5, 0.6) is 5.75 Å². The van der Waals surface area contributed by atoms with Crippen LogP contribution in [0.15, 0.2) is 60.7 Å². The lowest BCUT2D eigenvalue weighted by Gasteiger charge is -2.09. The number of hydrogen-bond donors (Lipinski definition) is 2. The van der Waals surface area contributed by atoms with Crippen LogP contribution in [0.4, 0.5) is 11.5 Å². The monoisotopic (exact) mass is 390 g/mol. The number of para-hydroxylation sites is 1. The van der Waals surface area contributed by atoms with E-state index in [4.69, 9.17) is 4.74 Å². The molecular formula is C22H22N4O3. The Morgan fingerprint density at radius 1 is 1.00 bits per heavy atom. The van der Waals surface area contributed by atoms with Crippen LogP contribution in [0.1, 0.15) is 33.3 Å². The molecule has 29 heavy (non-hydrogen) atoms. The summed E-state index contributed by atoms with van der Waals surface area (Å²) < 4.78 is 5.31. The number of benzene rings is 2. The first kappa shape index (κ1) is 20.0. The third-order valence-electron chi connectivity index (χ3n) is 4.31. The summed E-state index contributed by atoms with van der Waals surface area (Å²) in [4.78, 5) is 23.8. The lowest BCUT2D eigenvalue weighted by atomic mass is 10.1. The molecule has 0 saturated heterocycles. The number of Topliss-reactive ketones (excluding diaryl/α,β-unsaturated/α-hetero) is 1. The lowest BCUT2D eigenvalue weighted by molar-refractivity contribution is 0.0947. The van der Waals surface area contributed by atoms with Crippen LogP contribution in [0.3, 0.4) is 0 Å². The molecular weight excluding hydrogens is 368 g/mol. The van der Waals surface area contributed by atoms with Crippen molar-refractivity contribution < 1.29 is 14.3 Å². The number of ether oxygens (including phenoxy) is 1. The molecule has 2 N–H and O–H groups in total. The van der Waals surface area contributed by atoms with Crippen molar-refractivity contribution in [2.45, 2.75) is 13.3 Å². The molecule has 0 atom stereocenters. The summed E-state index contributed by atoms with van der Waals surface area (Å²) in [6.45, 7) is 1.97. The van der Waals surface area contributed by atoms with Crippen LogP contribution in [-0.2, 0) is 6.42 Å². The van der Waals surface area contributed by atoms with E-state index in [0.717, 1.165) is 17.0 Å². The SMILES string of the molecule is COc1ccccc1CCNC(=O)c1ccc(Nc2cccc(C(C)=O)c2)nn1. The predicted octanol–water partition coefficient (Wildman–Crippen LogP) is 3.40. The predicted molar refractivity (Wildman–Crippen MR) is 111 cm³/mol. The molecule has 0 spiro atoms. The number of rotatable bonds is 8. The molecule has 0 saturated carbocycles. The normalized spacial score (nSPS) is 10.3. The van der Waals surface area contributed by atoms with Crippen molar-refractivity contribution in [2.75, 3.05) is 19.0 Å².